The summed E-state index contributed by atoms with van der Waals surface area (Å²) in [7, 11) is -3.67. The number of sulfonamides is 1. The van der Waals surface area contributed by atoms with Crippen LogP contribution in [0.4, 0.5) is 6.01 Å². The molecule has 0 spiro atoms. The standard InChI is InChI=1S/C27H34N4O7S/c1-3-4-15-20(28-25(34)19-13-9-6-10-14-19)23(32)24(33)21(16-18-11-7-5-8-12-18)29-26(35)22-17-38-27(30-22)31-39(2,36)37/h5-14,17,20-21,23-24,32-33H,3-4,15-16H2,1-2H3,(H,28,34)(H,29,35)(H,30,31)/t20-,21+,23-,24-/m1/s1. The maximum Gasteiger partial charge on any atom is 0.309 e. The van der Waals surface area contributed by atoms with Crippen LogP contribution in [0.2, 0.25) is 0 Å². The van der Waals surface area contributed by atoms with Gasteiger partial charge in [-0.25, -0.2) is 13.1 Å². The van der Waals surface area contributed by atoms with Gasteiger partial charge >= 0.3 is 6.01 Å². The molecule has 2 aromatic carbocycles. The molecule has 1 heterocycles. The second kappa shape index (κ2) is 13.9. The van der Waals surface area contributed by atoms with Gasteiger partial charge in [-0.3, -0.25) is 9.59 Å². The van der Waals surface area contributed by atoms with Crippen molar-refractivity contribution in [2.24, 2.45) is 0 Å². The third-order valence-electron chi connectivity index (χ3n) is 6.02. The molecule has 0 fully saturated rings. The number of benzene rings is 2. The maximum atomic E-state index is 13.0. The molecule has 0 radical (unpaired) electrons. The van der Waals surface area contributed by atoms with E-state index in [1.165, 1.54) is 0 Å². The van der Waals surface area contributed by atoms with E-state index in [1.807, 2.05) is 42.0 Å². The summed E-state index contributed by atoms with van der Waals surface area (Å²) in [6, 6.07) is 15.5. The minimum Gasteiger partial charge on any atom is -0.431 e. The molecule has 0 aliphatic rings. The van der Waals surface area contributed by atoms with Gasteiger partial charge in [-0.15, -0.1) is 0 Å². The number of hydrogen-bond donors (Lipinski definition) is 5. The van der Waals surface area contributed by atoms with Gasteiger partial charge in [0.25, 0.3) is 11.8 Å². The first kappa shape index (κ1) is 29.8. The Morgan fingerprint density at radius 2 is 1.51 bits per heavy atom. The van der Waals surface area contributed by atoms with E-state index in [-0.39, 0.29) is 24.0 Å². The first-order chi connectivity index (χ1) is 18.6. The Hall–Kier alpha value is -3.74. The monoisotopic (exact) mass is 558 g/mol. The van der Waals surface area contributed by atoms with E-state index < -0.39 is 40.2 Å². The normalized spacial score (nSPS) is 14.6. The number of nitrogens with one attached hydrogen (secondary N) is 3. The summed E-state index contributed by atoms with van der Waals surface area (Å²) in [5.41, 5.74) is 0.979. The van der Waals surface area contributed by atoms with Crippen LogP contribution in [-0.4, -0.2) is 66.0 Å². The zero-order chi connectivity index (χ0) is 28.4. The van der Waals surface area contributed by atoms with Gasteiger partial charge < -0.3 is 25.3 Å². The number of carbonyl (C=O) groups is 2. The highest BCUT2D eigenvalue weighted by Gasteiger charge is 2.34. The van der Waals surface area contributed by atoms with Crippen molar-refractivity contribution in [1.82, 2.24) is 15.6 Å². The van der Waals surface area contributed by atoms with Crippen LogP contribution in [0.3, 0.4) is 0 Å². The molecule has 5 N–H and O–H groups in total. The quantitative estimate of drug-likeness (QED) is 0.200. The molecule has 0 saturated heterocycles. The van der Waals surface area contributed by atoms with Gasteiger partial charge in [0, 0.05) is 5.56 Å². The van der Waals surface area contributed by atoms with E-state index in [4.69, 9.17) is 4.42 Å². The van der Waals surface area contributed by atoms with Gasteiger partial charge in [0.05, 0.1) is 18.3 Å². The van der Waals surface area contributed by atoms with E-state index in [2.05, 4.69) is 15.6 Å². The van der Waals surface area contributed by atoms with E-state index in [0.717, 1.165) is 24.5 Å². The largest absolute Gasteiger partial charge is 0.431 e. The number of rotatable bonds is 14. The SMILES string of the molecule is CCCC[C@@H](NC(=O)c1ccccc1)[C@@H](O)[C@H](O)[C@H](Cc1ccccc1)NC(=O)c1coc(NS(C)(=O)=O)n1. The van der Waals surface area contributed by atoms with Crippen molar-refractivity contribution in [3.63, 3.8) is 0 Å². The molecule has 0 aliphatic carbocycles. The summed E-state index contributed by atoms with van der Waals surface area (Å²) in [5, 5.41) is 28.0. The van der Waals surface area contributed by atoms with Gasteiger partial charge in [-0.1, -0.05) is 68.3 Å². The number of unbranched alkanes of at least 4 members (excludes halogenated alkanes) is 1. The van der Waals surface area contributed by atoms with Crippen LogP contribution in [0.15, 0.2) is 71.3 Å². The minimum atomic E-state index is -3.67. The molecule has 12 heteroatoms. The Bertz CT molecular complexity index is 1320. The third-order valence-corrected chi connectivity index (χ3v) is 6.57. The zero-order valence-electron chi connectivity index (χ0n) is 21.8. The summed E-state index contributed by atoms with van der Waals surface area (Å²) in [6.07, 6.45) is 1.05. The van der Waals surface area contributed by atoms with Crippen molar-refractivity contribution in [3.05, 3.63) is 83.7 Å². The van der Waals surface area contributed by atoms with Crippen LogP contribution in [-0.2, 0) is 16.4 Å². The van der Waals surface area contributed by atoms with Crippen molar-refractivity contribution < 1.29 is 32.6 Å². The number of amides is 2. The number of hydrogen-bond acceptors (Lipinski definition) is 8. The van der Waals surface area contributed by atoms with E-state index >= 15 is 0 Å². The third kappa shape index (κ3) is 9.20. The number of nitrogens with zero attached hydrogens (tertiary/aromatic N) is 1. The molecule has 3 rings (SSSR count). The Labute approximate surface area is 227 Å². The first-order valence-electron chi connectivity index (χ1n) is 12.6. The summed E-state index contributed by atoms with van der Waals surface area (Å²) >= 11 is 0. The summed E-state index contributed by atoms with van der Waals surface area (Å²) in [4.78, 5) is 29.7. The van der Waals surface area contributed by atoms with Crippen LogP contribution in [0, 0.1) is 0 Å². The molecule has 1 aromatic heterocycles. The molecule has 3 aromatic rings. The molecule has 0 aliphatic heterocycles. The average molecular weight is 559 g/mol. The Morgan fingerprint density at radius 3 is 2.13 bits per heavy atom. The fraction of sp³-hybridized carbons (Fsp3) is 0.370. The van der Waals surface area contributed by atoms with E-state index in [0.29, 0.717) is 18.4 Å². The lowest BCUT2D eigenvalue weighted by Crippen LogP contribution is -2.56. The number of oxazole rings is 1. The fourth-order valence-electron chi connectivity index (χ4n) is 4.02. The molecule has 39 heavy (non-hydrogen) atoms. The molecule has 210 valence electrons. The maximum absolute atomic E-state index is 13.0. The van der Waals surface area contributed by atoms with Crippen molar-refractivity contribution >= 4 is 27.9 Å². The van der Waals surface area contributed by atoms with Gasteiger partial charge in [-0.05, 0) is 30.5 Å². The molecule has 4 atom stereocenters. The van der Waals surface area contributed by atoms with E-state index in [9.17, 15) is 28.2 Å². The second-order valence-corrected chi connectivity index (χ2v) is 11.0. The highest BCUT2D eigenvalue weighted by Crippen LogP contribution is 2.17. The first-order valence-corrected chi connectivity index (χ1v) is 14.5. The molecular weight excluding hydrogens is 524 g/mol. The van der Waals surface area contributed by atoms with Crippen molar-refractivity contribution in [1.29, 1.82) is 0 Å². The fourth-order valence-corrected chi connectivity index (χ4v) is 4.43. The van der Waals surface area contributed by atoms with Crippen molar-refractivity contribution in [2.45, 2.75) is 56.9 Å². The Morgan fingerprint density at radius 1 is 0.923 bits per heavy atom. The summed E-state index contributed by atoms with van der Waals surface area (Å²) < 4.78 is 29.9. The number of carbonyl (C=O) groups excluding carboxylic acids is 2. The molecule has 0 bridgehead atoms. The Balaban J connectivity index is 1.81. The topological polar surface area (TPSA) is 171 Å². The number of anilines is 1. The predicted molar refractivity (Wildman–Crippen MR) is 146 cm³/mol. The van der Waals surface area contributed by atoms with Crippen molar-refractivity contribution in [2.75, 3.05) is 11.0 Å². The van der Waals surface area contributed by atoms with Gasteiger partial charge in [0.15, 0.2) is 5.69 Å². The van der Waals surface area contributed by atoms with Crippen molar-refractivity contribution in [3.8, 4) is 0 Å². The molecule has 11 nitrogen and oxygen atoms in total. The van der Waals surface area contributed by atoms with Crippen LogP contribution in [0.25, 0.3) is 0 Å². The highest BCUT2D eigenvalue weighted by molar-refractivity contribution is 7.91. The predicted octanol–water partition coefficient (Wildman–Crippen LogP) is 2.10. The molecule has 2 amide bonds. The van der Waals surface area contributed by atoms with Gasteiger partial charge in [-0.2, -0.15) is 4.98 Å². The highest BCUT2D eigenvalue weighted by atomic mass is 32.2. The molecule has 0 saturated carbocycles. The van der Waals surface area contributed by atoms with Gasteiger partial charge in [0.1, 0.15) is 18.5 Å². The second-order valence-electron chi connectivity index (χ2n) is 9.25. The molecule has 0 unspecified atom stereocenters. The lowest BCUT2D eigenvalue weighted by molar-refractivity contribution is -0.0238. The number of aromatic nitrogens is 1. The lowest BCUT2D eigenvalue weighted by atomic mass is 9.91. The lowest BCUT2D eigenvalue weighted by Gasteiger charge is -2.33. The number of aliphatic hydroxyl groups excluding tert-OH is 2. The smallest absolute Gasteiger partial charge is 0.309 e. The summed E-state index contributed by atoms with van der Waals surface area (Å²) in [6.45, 7) is 1.97. The molecular formula is C27H34N4O7S. The zero-order valence-corrected chi connectivity index (χ0v) is 22.6. The number of aliphatic hydroxyl groups is 2. The van der Waals surface area contributed by atoms with Crippen LogP contribution < -0.4 is 15.4 Å². The minimum absolute atomic E-state index is 0.157. The average Bonchev–Trinajstić information content (AvgIpc) is 3.37. The van der Waals surface area contributed by atoms with Gasteiger partial charge in [0.2, 0.25) is 10.0 Å². The Kier molecular flexibility index (Phi) is 10.6. The van der Waals surface area contributed by atoms with Crippen LogP contribution in [0.1, 0.15) is 52.6 Å². The van der Waals surface area contributed by atoms with Crippen LogP contribution in [0.5, 0.6) is 0 Å². The van der Waals surface area contributed by atoms with Crippen LogP contribution >= 0.6 is 0 Å². The van der Waals surface area contributed by atoms with E-state index in [1.54, 1.807) is 30.3 Å². The summed E-state index contributed by atoms with van der Waals surface area (Å²) in [5.74, 6) is -1.13.